The maximum Gasteiger partial charge on any atom is 0.134 e. The molecule has 2 rings (SSSR count). The summed E-state index contributed by atoms with van der Waals surface area (Å²) < 4.78 is 2.04. The lowest BCUT2D eigenvalue weighted by Gasteiger charge is -2.13. The second-order valence-corrected chi connectivity index (χ2v) is 4.69. The molecule has 108 valence electrons. The van der Waals surface area contributed by atoms with Crippen LogP contribution in [0, 0.1) is 6.92 Å². The molecule has 0 atom stereocenters. The zero-order valence-electron chi connectivity index (χ0n) is 12.3. The molecule has 20 heavy (non-hydrogen) atoms. The molecule has 0 aliphatic carbocycles. The normalized spacial score (nSPS) is 10.6. The predicted octanol–water partition coefficient (Wildman–Crippen LogP) is 2.09. The zero-order chi connectivity index (χ0) is 14.4. The van der Waals surface area contributed by atoms with Crippen molar-refractivity contribution < 1.29 is 0 Å². The van der Waals surface area contributed by atoms with Crippen molar-refractivity contribution >= 4 is 11.6 Å². The highest BCUT2D eigenvalue weighted by Gasteiger charge is 2.09. The van der Waals surface area contributed by atoms with Crippen LogP contribution in [0.4, 0.5) is 11.6 Å². The van der Waals surface area contributed by atoms with E-state index in [0.717, 1.165) is 49.0 Å². The smallest absolute Gasteiger partial charge is 0.134 e. The molecule has 0 radical (unpaired) electrons. The summed E-state index contributed by atoms with van der Waals surface area (Å²) in [7, 11) is 1.89. The lowest BCUT2D eigenvalue weighted by molar-refractivity contribution is 0.723. The molecule has 0 saturated carbocycles. The van der Waals surface area contributed by atoms with Gasteiger partial charge in [-0.15, -0.1) is 0 Å². The lowest BCUT2D eigenvalue weighted by atomic mass is 10.2. The minimum atomic E-state index is 0.808. The fraction of sp³-hybridized carbons (Fsp3) is 0.500. The number of aromatic nitrogens is 4. The van der Waals surface area contributed by atoms with Crippen molar-refractivity contribution in [2.75, 3.05) is 24.2 Å². The highest BCUT2D eigenvalue weighted by Crippen LogP contribution is 2.19. The van der Waals surface area contributed by atoms with Crippen molar-refractivity contribution in [3.63, 3.8) is 0 Å². The highest BCUT2D eigenvalue weighted by molar-refractivity contribution is 5.56. The summed E-state index contributed by atoms with van der Waals surface area (Å²) in [6, 6.07) is 0. The average molecular weight is 274 g/mol. The molecule has 0 unspecified atom stereocenters. The first-order valence-electron chi connectivity index (χ1n) is 6.99. The van der Waals surface area contributed by atoms with Gasteiger partial charge in [0.25, 0.3) is 0 Å². The van der Waals surface area contributed by atoms with Crippen LogP contribution in [0.5, 0.6) is 0 Å². The topological polar surface area (TPSA) is 67.7 Å². The first-order chi connectivity index (χ1) is 9.74. The fourth-order valence-electron chi connectivity index (χ4n) is 2.04. The molecule has 0 amide bonds. The predicted molar refractivity (Wildman–Crippen MR) is 81.0 cm³/mol. The van der Waals surface area contributed by atoms with E-state index in [2.05, 4.69) is 32.5 Å². The molecular formula is C14H22N6. The largest absolute Gasteiger partial charge is 0.373 e. The Hall–Kier alpha value is -2.11. The molecular weight excluding hydrogens is 252 g/mol. The van der Waals surface area contributed by atoms with Crippen molar-refractivity contribution in [3.05, 3.63) is 30.1 Å². The van der Waals surface area contributed by atoms with Gasteiger partial charge in [0.15, 0.2) is 0 Å². The molecule has 0 saturated heterocycles. The van der Waals surface area contributed by atoms with Gasteiger partial charge in [0.05, 0.1) is 6.33 Å². The molecule has 6 heteroatoms. The standard InChI is InChI=1S/C14H22N6/c1-4-5-12-18-13(15-3)11(2)14(19-12)17-7-9-20-8-6-16-10-20/h6,8,10H,4-5,7,9H2,1-3H3,(H2,15,17,18,19). The number of nitrogens with one attached hydrogen (secondary N) is 2. The summed E-state index contributed by atoms with van der Waals surface area (Å²) in [5.41, 5.74) is 1.05. The maximum atomic E-state index is 4.60. The maximum absolute atomic E-state index is 4.60. The van der Waals surface area contributed by atoms with Gasteiger partial charge in [0.1, 0.15) is 17.5 Å². The molecule has 0 bridgehead atoms. The van der Waals surface area contributed by atoms with Crippen LogP contribution in [0.2, 0.25) is 0 Å². The van der Waals surface area contributed by atoms with Gasteiger partial charge in [-0.1, -0.05) is 6.92 Å². The van der Waals surface area contributed by atoms with Crippen LogP contribution in [0.25, 0.3) is 0 Å². The molecule has 6 nitrogen and oxygen atoms in total. The number of nitrogens with zero attached hydrogens (tertiary/aromatic N) is 4. The van der Waals surface area contributed by atoms with Gasteiger partial charge in [-0.05, 0) is 13.3 Å². The van der Waals surface area contributed by atoms with Crippen LogP contribution >= 0.6 is 0 Å². The van der Waals surface area contributed by atoms with Crippen molar-refractivity contribution in [2.24, 2.45) is 0 Å². The van der Waals surface area contributed by atoms with E-state index in [1.165, 1.54) is 0 Å². The Bertz CT molecular complexity index is 535. The first-order valence-corrected chi connectivity index (χ1v) is 6.99. The quantitative estimate of drug-likeness (QED) is 0.809. The summed E-state index contributed by atoms with van der Waals surface area (Å²) in [6.07, 6.45) is 7.49. The van der Waals surface area contributed by atoms with Gasteiger partial charge in [-0.25, -0.2) is 15.0 Å². The van der Waals surface area contributed by atoms with Gasteiger partial charge < -0.3 is 15.2 Å². The Labute approximate surface area is 119 Å². The molecule has 2 aromatic rings. The Morgan fingerprint density at radius 2 is 2.05 bits per heavy atom. The van der Waals surface area contributed by atoms with Crippen LogP contribution in [-0.4, -0.2) is 33.1 Å². The van der Waals surface area contributed by atoms with E-state index < -0.39 is 0 Å². The summed E-state index contributed by atoms with van der Waals surface area (Å²) >= 11 is 0. The van der Waals surface area contributed by atoms with Crippen molar-refractivity contribution in [3.8, 4) is 0 Å². The summed E-state index contributed by atoms with van der Waals surface area (Å²) in [5, 5.41) is 6.52. The Morgan fingerprint density at radius 1 is 1.25 bits per heavy atom. The average Bonchev–Trinajstić information content (AvgIpc) is 2.95. The van der Waals surface area contributed by atoms with Crippen molar-refractivity contribution in [2.45, 2.75) is 33.2 Å². The third-order valence-corrected chi connectivity index (χ3v) is 3.12. The Morgan fingerprint density at radius 3 is 2.70 bits per heavy atom. The van der Waals surface area contributed by atoms with Gasteiger partial charge in [-0.2, -0.15) is 0 Å². The summed E-state index contributed by atoms with van der Waals surface area (Å²) in [5.74, 6) is 2.69. The van der Waals surface area contributed by atoms with Gasteiger partial charge in [0.2, 0.25) is 0 Å². The Balaban J connectivity index is 2.06. The molecule has 2 aromatic heterocycles. The van der Waals surface area contributed by atoms with E-state index >= 15 is 0 Å². The zero-order valence-corrected chi connectivity index (χ0v) is 12.3. The van der Waals surface area contributed by atoms with Gasteiger partial charge in [-0.3, -0.25) is 0 Å². The third kappa shape index (κ3) is 3.46. The minimum Gasteiger partial charge on any atom is -0.373 e. The number of anilines is 2. The second-order valence-electron chi connectivity index (χ2n) is 4.69. The summed E-state index contributed by atoms with van der Waals surface area (Å²) in [6.45, 7) is 5.83. The van der Waals surface area contributed by atoms with Crippen molar-refractivity contribution in [1.82, 2.24) is 19.5 Å². The molecule has 0 aliphatic rings. The molecule has 0 aliphatic heterocycles. The van der Waals surface area contributed by atoms with Crippen LogP contribution < -0.4 is 10.6 Å². The Kier molecular flexibility index (Phi) is 4.92. The highest BCUT2D eigenvalue weighted by atomic mass is 15.1. The molecule has 0 aromatic carbocycles. The number of aryl methyl sites for hydroxylation is 1. The van der Waals surface area contributed by atoms with Crippen LogP contribution in [0.3, 0.4) is 0 Å². The van der Waals surface area contributed by atoms with Gasteiger partial charge >= 0.3 is 0 Å². The monoisotopic (exact) mass is 274 g/mol. The van der Waals surface area contributed by atoms with E-state index in [9.17, 15) is 0 Å². The van der Waals surface area contributed by atoms with E-state index in [1.807, 2.05) is 31.1 Å². The summed E-state index contributed by atoms with van der Waals surface area (Å²) in [4.78, 5) is 13.2. The molecule has 0 spiro atoms. The number of imidazole rings is 1. The number of hydrogen-bond acceptors (Lipinski definition) is 5. The van der Waals surface area contributed by atoms with Crippen molar-refractivity contribution in [1.29, 1.82) is 0 Å². The van der Waals surface area contributed by atoms with E-state index in [1.54, 1.807) is 6.20 Å². The molecule has 2 heterocycles. The van der Waals surface area contributed by atoms with Gasteiger partial charge in [0, 0.05) is 44.5 Å². The van der Waals surface area contributed by atoms with Crippen LogP contribution in [0.15, 0.2) is 18.7 Å². The second kappa shape index (κ2) is 6.88. The fourth-order valence-corrected chi connectivity index (χ4v) is 2.04. The van der Waals surface area contributed by atoms with E-state index in [-0.39, 0.29) is 0 Å². The van der Waals surface area contributed by atoms with Crippen LogP contribution in [-0.2, 0) is 13.0 Å². The number of rotatable bonds is 7. The van der Waals surface area contributed by atoms with E-state index in [0.29, 0.717) is 0 Å². The lowest BCUT2D eigenvalue weighted by Crippen LogP contribution is -2.14. The minimum absolute atomic E-state index is 0.808. The molecule has 2 N–H and O–H groups in total. The number of hydrogen-bond donors (Lipinski definition) is 2. The SMILES string of the molecule is CCCc1nc(NC)c(C)c(NCCn2ccnc2)n1. The van der Waals surface area contributed by atoms with E-state index in [4.69, 9.17) is 0 Å². The molecule has 0 fully saturated rings. The first kappa shape index (κ1) is 14.3. The third-order valence-electron chi connectivity index (χ3n) is 3.12. The van der Waals surface area contributed by atoms with Crippen LogP contribution in [0.1, 0.15) is 24.7 Å².